The van der Waals surface area contributed by atoms with Gasteiger partial charge in [0.05, 0.1) is 17.0 Å². The summed E-state index contributed by atoms with van der Waals surface area (Å²) < 4.78 is 0. The van der Waals surface area contributed by atoms with Gasteiger partial charge in [0.2, 0.25) is 6.41 Å². The Bertz CT molecular complexity index is 403. The molecule has 2 rings (SSSR count). The first-order chi connectivity index (χ1) is 6.72. The van der Waals surface area contributed by atoms with Gasteiger partial charge in [0.1, 0.15) is 0 Å². The largest absolute Gasteiger partial charge is 0.336 e. The van der Waals surface area contributed by atoms with Gasteiger partial charge in [-0.05, 0) is 5.56 Å². The van der Waals surface area contributed by atoms with E-state index in [9.17, 15) is 14.9 Å². The first kappa shape index (κ1) is 8.68. The van der Waals surface area contributed by atoms with E-state index in [0.717, 1.165) is 5.56 Å². The van der Waals surface area contributed by atoms with E-state index >= 15 is 0 Å². The number of carbonyl (C=O) groups is 1. The molecule has 0 radical (unpaired) electrons. The van der Waals surface area contributed by atoms with Crippen LogP contribution in [0.4, 0.5) is 5.69 Å². The Hall–Kier alpha value is -1.91. The molecule has 0 bridgehead atoms. The van der Waals surface area contributed by atoms with Crippen molar-refractivity contribution in [2.45, 2.75) is 13.1 Å². The smallest absolute Gasteiger partial charge is 0.274 e. The molecule has 0 aliphatic carbocycles. The highest BCUT2D eigenvalue weighted by Gasteiger charge is 2.25. The van der Waals surface area contributed by atoms with Crippen molar-refractivity contribution in [1.29, 1.82) is 0 Å². The van der Waals surface area contributed by atoms with Gasteiger partial charge in [0, 0.05) is 12.6 Å². The summed E-state index contributed by atoms with van der Waals surface area (Å²) in [5.41, 5.74) is 1.63. The number of fused-ring (bicyclic) bond motifs is 1. The van der Waals surface area contributed by atoms with Crippen molar-refractivity contribution in [3.05, 3.63) is 39.4 Å². The fourth-order valence-electron chi connectivity index (χ4n) is 1.68. The average molecular weight is 192 g/mol. The second-order valence-corrected chi connectivity index (χ2v) is 3.18. The molecule has 1 aromatic rings. The Kier molecular flexibility index (Phi) is 1.92. The van der Waals surface area contributed by atoms with Crippen LogP contribution in [0.3, 0.4) is 0 Å². The zero-order chi connectivity index (χ0) is 10.1. The van der Waals surface area contributed by atoms with E-state index in [0.29, 0.717) is 25.1 Å². The first-order valence-electron chi connectivity index (χ1n) is 4.17. The Morgan fingerprint density at radius 1 is 1.43 bits per heavy atom. The van der Waals surface area contributed by atoms with Gasteiger partial charge in [-0.25, -0.2) is 0 Å². The SMILES string of the molecule is O=CN1Cc2cccc([N+](=O)[O-])c2C1. The Labute approximate surface area is 80.1 Å². The second-order valence-electron chi connectivity index (χ2n) is 3.18. The highest BCUT2D eigenvalue weighted by atomic mass is 16.6. The van der Waals surface area contributed by atoms with E-state index < -0.39 is 4.92 Å². The van der Waals surface area contributed by atoms with Crippen molar-refractivity contribution in [1.82, 2.24) is 4.90 Å². The van der Waals surface area contributed by atoms with Gasteiger partial charge in [0.15, 0.2) is 0 Å². The van der Waals surface area contributed by atoms with Crippen LogP contribution in [-0.2, 0) is 17.9 Å². The number of rotatable bonds is 2. The van der Waals surface area contributed by atoms with Crippen LogP contribution in [0.15, 0.2) is 18.2 Å². The fourth-order valence-corrected chi connectivity index (χ4v) is 1.68. The normalized spacial score (nSPS) is 13.9. The van der Waals surface area contributed by atoms with Gasteiger partial charge in [-0.1, -0.05) is 12.1 Å². The van der Waals surface area contributed by atoms with Crippen LogP contribution in [0.1, 0.15) is 11.1 Å². The zero-order valence-electron chi connectivity index (χ0n) is 7.34. The van der Waals surface area contributed by atoms with E-state index in [4.69, 9.17) is 0 Å². The van der Waals surface area contributed by atoms with E-state index in [-0.39, 0.29) is 5.69 Å². The van der Waals surface area contributed by atoms with Gasteiger partial charge in [-0.3, -0.25) is 14.9 Å². The summed E-state index contributed by atoms with van der Waals surface area (Å²) in [5.74, 6) is 0. The number of carbonyl (C=O) groups excluding carboxylic acids is 1. The third kappa shape index (κ3) is 1.22. The molecule has 1 aliphatic heterocycles. The maximum atomic E-state index is 10.7. The van der Waals surface area contributed by atoms with Gasteiger partial charge in [-0.2, -0.15) is 0 Å². The van der Waals surface area contributed by atoms with E-state index in [2.05, 4.69) is 0 Å². The van der Waals surface area contributed by atoms with Crippen LogP contribution in [0.25, 0.3) is 0 Å². The molecule has 1 heterocycles. The lowest BCUT2D eigenvalue weighted by atomic mass is 10.1. The van der Waals surface area contributed by atoms with Crippen LogP contribution in [0, 0.1) is 10.1 Å². The topological polar surface area (TPSA) is 63.5 Å². The van der Waals surface area contributed by atoms with E-state index in [1.54, 1.807) is 6.07 Å². The van der Waals surface area contributed by atoms with Gasteiger partial charge in [-0.15, -0.1) is 0 Å². The number of amides is 1. The molecule has 1 aromatic carbocycles. The highest BCUT2D eigenvalue weighted by Crippen LogP contribution is 2.29. The van der Waals surface area contributed by atoms with Crippen LogP contribution >= 0.6 is 0 Å². The summed E-state index contributed by atoms with van der Waals surface area (Å²) >= 11 is 0. The summed E-state index contributed by atoms with van der Waals surface area (Å²) in [6.45, 7) is 0.816. The van der Waals surface area contributed by atoms with Crippen molar-refractivity contribution in [3.8, 4) is 0 Å². The number of nitro benzene ring substituents is 1. The van der Waals surface area contributed by atoms with E-state index in [1.807, 2.05) is 6.07 Å². The van der Waals surface area contributed by atoms with Crippen molar-refractivity contribution in [2.24, 2.45) is 0 Å². The van der Waals surface area contributed by atoms with Crippen molar-refractivity contribution in [3.63, 3.8) is 0 Å². The standard InChI is InChI=1S/C9H8N2O3/c12-6-10-4-7-2-1-3-9(11(13)14)8(7)5-10/h1-3,6H,4-5H2. The molecule has 0 fully saturated rings. The average Bonchev–Trinajstić information content (AvgIpc) is 2.59. The number of hydrogen-bond donors (Lipinski definition) is 0. The minimum Gasteiger partial charge on any atom is -0.336 e. The van der Waals surface area contributed by atoms with Crippen molar-refractivity contribution < 1.29 is 9.72 Å². The monoisotopic (exact) mass is 192 g/mol. The van der Waals surface area contributed by atoms with Crippen LogP contribution in [0.5, 0.6) is 0 Å². The van der Waals surface area contributed by atoms with Gasteiger partial charge in [0.25, 0.3) is 5.69 Å². The van der Waals surface area contributed by atoms with Gasteiger partial charge >= 0.3 is 0 Å². The molecule has 5 heteroatoms. The quantitative estimate of drug-likeness (QED) is 0.400. The Morgan fingerprint density at radius 2 is 2.21 bits per heavy atom. The lowest BCUT2D eigenvalue weighted by Gasteiger charge is -2.04. The Morgan fingerprint density at radius 3 is 2.86 bits per heavy atom. The van der Waals surface area contributed by atoms with Crippen molar-refractivity contribution in [2.75, 3.05) is 0 Å². The third-order valence-corrected chi connectivity index (χ3v) is 2.33. The number of nitrogens with zero attached hydrogens (tertiary/aromatic N) is 2. The highest BCUT2D eigenvalue weighted by molar-refractivity contribution is 5.55. The fraction of sp³-hybridized carbons (Fsp3) is 0.222. The molecule has 1 aliphatic rings. The lowest BCUT2D eigenvalue weighted by molar-refractivity contribution is -0.385. The Balaban J connectivity index is 2.46. The molecule has 0 atom stereocenters. The van der Waals surface area contributed by atoms with Crippen molar-refractivity contribution >= 4 is 12.1 Å². The summed E-state index contributed by atoms with van der Waals surface area (Å²) in [4.78, 5) is 22.3. The zero-order valence-corrected chi connectivity index (χ0v) is 7.34. The lowest BCUT2D eigenvalue weighted by Crippen LogP contribution is -2.12. The summed E-state index contributed by atoms with van der Waals surface area (Å²) in [5, 5.41) is 10.7. The minimum absolute atomic E-state index is 0.104. The first-order valence-corrected chi connectivity index (χ1v) is 4.17. The molecular weight excluding hydrogens is 184 g/mol. The van der Waals surface area contributed by atoms with Crippen LogP contribution in [-0.4, -0.2) is 16.2 Å². The molecule has 0 saturated carbocycles. The summed E-state index contributed by atoms with van der Waals surface area (Å²) in [7, 11) is 0. The maximum absolute atomic E-state index is 10.7. The molecule has 5 nitrogen and oxygen atoms in total. The number of hydrogen-bond acceptors (Lipinski definition) is 3. The molecule has 0 aromatic heterocycles. The third-order valence-electron chi connectivity index (χ3n) is 2.33. The number of benzene rings is 1. The maximum Gasteiger partial charge on any atom is 0.274 e. The van der Waals surface area contributed by atoms with Gasteiger partial charge < -0.3 is 4.90 Å². The van der Waals surface area contributed by atoms with E-state index in [1.165, 1.54) is 11.0 Å². The summed E-state index contributed by atoms with van der Waals surface area (Å²) in [6.07, 6.45) is 0.712. The molecule has 0 saturated heterocycles. The molecular formula is C9H8N2O3. The van der Waals surface area contributed by atoms with Crippen LogP contribution < -0.4 is 0 Å². The minimum atomic E-state index is -0.410. The molecule has 1 amide bonds. The molecule has 0 unspecified atom stereocenters. The molecule has 72 valence electrons. The predicted octanol–water partition coefficient (Wildman–Crippen LogP) is 1.07. The molecule has 0 spiro atoms. The second kappa shape index (κ2) is 3.10. The summed E-state index contributed by atoms with van der Waals surface area (Å²) in [6, 6.07) is 4.92. The molecule has 14 heavy (non-hydrogen) atoms. The molecule has 0 N–H and O–H groups in total. The van der Waals surface area contributed by atoms with Crippen LogP contribution in [0.2, 0.25) is 0 Å². The number of nitro groups is 1. The predicted molar refractivity (Wildman–Crippen MR) is 48.4 cm³/mol.